The average molecular weight is 293 g/mol. The Morgan fingerprint density at radius 3 is 2.67 bits per heavy atom. The summed E-state index contributed by atoms with van der Waals surface area (Å²) in [5.41, 5.74) is -0.398. The second-order valence-corrected chi connectivity index (χ2v) is 8.09. The zero-order valence-corrected chi connectivity index (χ0v) is 13.5. The maximum atomic E-state index is 11.7. The predicted molar refractivity (Wildman–Crippen MR) is 84.2 cm³/mol. The first-order valence-electron chi connectivity index (χ1n) is 9.06. The first kappa shape index (κ1) is 15.3. The molecule has 3 nitrogen and oxygen atoms in total. The molecule has 1 aliphatic heterocycles. The molecule has 2 aliphatic carbocycles. The lowest BCUT2D eigenvalue weighted by Crippen LogP contribution is -2.36. The van der Waals surface area contributed by atoms with E-state index in [0.717, 1.165) is 50.7 Å². The summed E-state index contributed by atoms with van der Waals surface area (Å²) < 4.78 is 0. The second-order valence-electron chi connectivity index (χ2n) is 8.09. The van der Waals surface area contributed by atoms with E-state index >= 15 is 0 Å². The Balaban J connectivity index is 1.51. The Morgan fingerprint density at radius 1 is 1.24 bits per heavy atom. The van der Waals surface area contributed by atoms with Crippen molar-refractivity contribution in [2.75, 3.05) is 19.6 Å². The summed E-state index contributed by atoms with van der Waals surface area (Å²) in [5, 5.41) is 9.66. The molecule has 1 saturated heterocycles. The summed E-state index contributed by atoms with van der Waals surface area (Å²) in [7, 11) is 0. The van der Waals surface area contributed by atoms with Crippen LogP contribution in [-0.2, 0) is 4.79 Å². The van der Waals surface area contributed by atoms with Crippen molar-refractivity contribution in [3.63, 3.8) is 0 Å². The third kappa shape index (κ3) is 3.13. The molecule has 0 spiro atoms. The molecule has 0 bridgehead atoms. The summed E-state index contributed by atoms with van der Waals surface area (Å²) in [5.74, 6) is 1.53. The van der Waals surface area contributed by atoms with Crippen molar-refractivity contribution in [3.8, 4) is 0 Å². The molecular weight excluding hydrogens is 262 g/mol. The average Bonchev–Trinajstić information content (AvgIpc) is 2.97. The Morgan fingerprint density at radius 2 is 2.00 bits per heavy atom. The number of likely N-dealkylation sites (tertiary alicyclic amines) is 1. The van der Waals surface area contributed by atoms with Crippen LogP contribution in [0.3, 0.4) is 0 Å². The van der Waals surface area contributed by atoms with Crippen molar-refractivity contribution in [2.24, 2.45) is 23.2 Å². The quantitative estimate of drug-likeness (QED) is 0.838. The molecule has 120 valence electrons. The smallest absolute Gasteiger partial charge is 0.311 e. The van der Waals surface area contributed by atoms with Crippen LogP contribution in [0.2, 0.25) is 0 Å². The molecule has 3 atom stereocenters. The van der Waals surface area contributed by atoms with Gasteiger partial charge in [-0.15, -0.1) is 0 Å². The summed E-state index contributed by atoms with van der Waals surface area (Å²) >= 11 is 0. The van der Waals surface area contributed by atoms with Crippen LogP contribution in [0.4, 0.5) is 0 Å². The Labute approximate surface area is 129 Å². The number of hydrogen-bond acceptors (Lipinski definition) is 2. The van der Waals surface area contributed by atoms with Crippen LogP contribution in [0.15, 0.2) is 0 Å². The van der Waals surface area contributed by atoms with Crippen LogP contribution in [0.5, 0.6) is 0 Å². The van der Waals surface area contributed by atoms with E-state index in [4.69, 9.17) is 0 Å². The number of carboxylic acid groups (broad SMARTS) is 1. The molecule has 0 radical (unpaired) electrons. The number of carbonyl (C=O) groups is 1. The highest BCUT2D eigenvalue weighted by Gasteiger charge is 2.54. The van der Waals surface area contributed by atoms with Crippen LogP contribution in [0.25, 0.3) is 0 Å². The Bertz CT molecular complexity index is 377. The lowest BCUT2D eigenvalue weighted by atomic mass is 9.81. The van der Waals surface area contributed by atoms with E-state index in [0.29, 0.717) is 5.92 Å². The van der Waals surface area contributed by atoms with Crippen LogP contribution < -0.4 is 0 Å². The summed E-state index contributed by atoms with van der Waals surface area (Å²) in [6.45, 7) is 5.32. The van der Waals surface area contributed by atoms with Gasteiger partial charge in [0, 0.05) is 19.6 Å². The largest absolute Gasteiger partial charge is 0.481 e. The molecule has 3 rings (SSSR count). The molecular formula is C18H31NO2. The van der Waals surface area contributed by atoms with Crippen LogP contribution >= 0.6 is 0 Å². The van der Waals surface area contributed by atoms with E-state index in [1.165, 1.54) is 38.5 Å². The molecule has 2 saturated carbocycles. The van der Waals surface area contributed by atoms with E-state index in [2.05, 4.69) is 11.8 Å². The monoisotopic (exact) mass is 293 g/mol. The van der Waals surface area contributed by atoms with Crippen LogP contribution in [0, 0.1) is 23.2 Å². The van der Waals surface area contributed by atoms with E-state index in [9.17, 15) is 9.90 Å². The van der Waals surface area contributed by atoms with Gasteiger partial charge in [-0.1, -0.05) is 45.4 Å². The predicted octanol–water partition coefficient (Wildman–Crippen LogP) is 3.78. The van der Waals surface area contributed by atoms with Gasteiger partial charge in [-0.25, -0.2) is 0 Å². The van der Waals surface area contributed by atoms with E-state index in [1.54, 1.807) is 0 Å². The SMILES string of the molecule is CC(CC1CCCCC1)CN1C[C@@H]2CCC[C@@]2(C(=O)O)C1. The van der Waals surface area contributed by atoms with Gasteiger partial charge in [0.15, 0.2) is 0 Å². The number of carboxylic acids is 1. The number of rotatable bonds is 5. The zero-order valence-electron chi connectivity index (χ0n) is 13.5. The van der Waals surface area contributed by atoms with Gasteiger partial charge in [-0.05, 0) is 37.0 Å². The number of fused-ring (bicyclic) bond motifs is 1. The molecule has 0 aromatic rings. The first-order chi connectivity index (χ1) is 10.1. The third-order valence-electron chi connectivity index (χ3n) is 6.40. The van der Waals surface area contributed by atoms with E-state index in [1.807, 2.05) is 0 Å². The van der Waals surface area contributed by atoms with Crippen LogP contribution in [-0.4, -0.2) is 35.6 Å². The highest BCUT2D eigenvalue weighted by Crippen LogP contribution is 2.49. The van der Waals surface area contributed by atoms with Gasteiger partial charge in [0.25, 0.3) is 0 Å². The van der Waals surface area contributed by atoms with E-state index < -0.39 is 11.4 Å². The molecule has 1 unspecified atom stereocenters. The lowest BCUT2D eigenvalue weighted by molar-refractivity contribution is -0.149. The maximum Gasteiger partial charge on any atom is 0.311 e. The van der Waals surface area contributed by atoms with Crippen molar-refractivity contribution >= 4 is 5.97 Å². The molecule has 0 aromatic carbocycles. The zero-order chi connectivity index (χ0) is 14.9. The lowest BCUT2D eigenvalue weighted by Gasteiger charge is -2.28. The fourth-order valence-electron chi connectivity index (χ4n) is 5.39. The fourth-order valence-corrected chi connectivity index (χ4v) is 5.39. The number of hydrogen-bond donors (Lipinski definition) is 1. The summed E-state index contributed by atoms with van der Waals surface area (Å²) in [4.78, 5) is 14.2. The van der Waals surface area contributed by atoms with Crippen molar-refractivity contribution in [2.45, 2.75) is 64.7 Å². The van der Waals surface area contributed by atoms with Gasteiger partial charge in [0.2, 0.25) is 0 Å². The molecule has 3 heteroatoms. The maximum absolute atomic E-state index is 11.7. The molecule has 3 fully saturated rings. The minimum atomic E-state index is -0.535. The minimum absolute atomic E-state index is 0.398. The van der Waals surface area contributed by atoms with Crippen molar-refractivity contribution in [1.29, 1.82) is 0 Å². The highest BCUT2D eigenvalue weighted by molar-refractivity contribution is 5.76. The molecule has 0 amide bonds. The number of nitrogens with zero attached hydrogens (tertiary/aromatic N) is 1. The van der Waals surface area contributed by atoms with Gasteiger partial charge in [0.05, 0.1) is 5.41 Å². The minimum Gasteiger partial charge on any atom is -0.481 e. The normalized spacial score (nSPS) is 35.8. The molecule has 0 aromatic heterocycles. The summed E-state index contributed by atoms with van der Waals surface area (Å²) in [6, 6.07) is 0. The van der Waals surface area contributed by atoms with E-state index in [-0.39, 0.29) is 0 Å². The second kappa shape index (κ2) is 6.28. The van der Waals surface area contributed by atoms with Gasteiger partial charge in [0.1, 0.15) is 0 Å². The Kier molecular flexibility index (Phi) is 4.58. The van der Waals surface area contributed by atoms with Gasteiger partial charge >= 0.3 is 5.97 Å². The molecule has 3 aliphatic rings. The highest BCUT2D eigenvalue weighted by atomic mass is 16.4. The molecule has 1 heterocycles. The standard InChI is InChI=1S/C18H31NO2/c1-14(10-15-6-3-2-4-7-15)11-19-12-16-8-5-9-18(16,13-19)17(20)21/h14-16H,2-13H2,1H3,(H,20,21)/t14?,16-,18+/m0/s1. The van der Waals surface area contributed by atoms with Gasteiger partial charge in [-0.2, -0.15) is 0 Å². The molecule has 1 N–H and O–H groups in total. The number of aliphatic carboxylic acids is 1. The summed E-state index contributed by atoms with van der Waals surface area (Å²) in [6.07, 6.45) is 11.6. The fraction of sp³-hybridized carbons (Fsp3) is 0.944. The van der Waals surface area contributed by atoms with Crippen LogP contribution in [0.1, 0.15) is 64.7 Å². The van der Waals surface area contributed by atoms with Gasteiger partial charge in [-0.3, -0.25) is 4.79 Å². The first-order valence-corrected chi connectivity index (χ1v) is 9.06. The van der Waals surface area contributed by atoms with Crippen molar-refractivity contribution in [3.05, 3.63) is 0 Å². The van der Waals surface area contributed by atoms with Crippen molar-refractivity contribution in [1.82, 2.24) is 4.90 Å². The third-order valence-corrected chi connectivity index (χ3v) is 6.40. The van der Waals surface area contributed by atoms with Gasteiger partial charge < -0.3 is 10.0 Å². The Hall–Kier alpha value is -0.570. The topological polar surface area (TPSA) is 40.5 Å². The van der Waals surface area contributed by atoms with Crippen molar-refractivity contribution < 1.29 is 9.90 Å². The molecule has 21 heavy (non-hydrogen) atoms.